The molecule has 0 aliphatic carbocycles. The lowest BCUT2D eigenvalue weighted by Gasteiger charge is -2.31. The number of carbonyl (C=O) groups is 1. The first-order valence-electron chi connectivity index (χ1n) is 9.91. The molecule has 0 unspecified atom stereocenters. The van der Waals surface area contributed by atoms with Crippen LogP contribution in [0.5, 0.6) is 0 Å². The second-order valence-corrected chi connectivity index (χ2v) is 7.56. The molecule has 2 heterocycles. The van der Waals surface area contributed by atoms with Crippen LogP contribution in [0.1, 0.15) is 23.2 Å². The van der Waals surface area contributed by atoms with Crippen LogP contribution in [0.2, 0.25) is 0 Å². The fourth-order valence-corrected chi connectivity index (χ4v) is 4.00. The zero-order valence-electron chi connectivity index (χ0n) is 16.7. The van der Waals surface area contributed by atoms with E-state index >= 15 is 0 Å². The second-order valence-electron chi connectivity index (χ2n) is 7.56. The Morgan fingerprint density at radius 2 is 1.65 bits per heavy atom. The van der Waals surface area contributed by atoms with Gasteiger partial charge in [-0.2, -0.15) is 0 Å². The van der Waals surface area contributed by atoms with Gasteiger partial charge in [0.25, 0.3) is 5.56 Å². The Balaban J connectivity index is 0.00000272. The number of likely N-dealkylation sites (tertiary alicyclic amines) is 1. The van der Waals surface area contributed by atoms with E-state index in [-0.39, 0.29) is 47.4 Å². The van der Waals surface area contributed by atoms with Gasteiger partial charge in [-0.15, -0.1) is 17.1 Å². The van der Waals surface area contributed by atoms with Crippen molar-refractivity contribution in [2.24, 2.45) is 5.92 Å². The molecule has 3 aromatic rings. The summed E-state index contributed by atoms with van der Waals surface area (Å²) in [5.41, 5.74) is -0.493. The first-order valence-corrected chi connectivity index (χ1v) is 9.91. The molecule has 9 heteroatoms. The third-order valence-electron chi connectivity index (χ3n) is 5.75. The Morgan fingerprint density at radius 1 is 1.00 bits per heavy atom. The maximum absolute atomic E-state index is 13.1. The average Bonchev–Trinajstić information content (AvgIpc) is 2.78. The van der Waals surface area contributed by atoms with Crippen molar-refractivity contribution in [2.45, 2.75) is 19.4 Å². The van der Waals surface area contributed by atoms with E-state index in [9.17, 15) is 24.0 Å². The minimum Gasteiger partial charge on any atom is -0.424 e. The van der Waals surface area contributed by atoms with Crippen molar-refractivity contribution < 1.29 is 14.4 Å². The summed E-state index contributed by atoms with van der Waals surface area (Å²) in [6, 6.07) is 12.0. The molecule has 0 spiro atoms. The Morgan fingerprint density at radius 3 is 2.32 bits per heavy atom. The number of piperidine rings is 1. The molecule has 1 aromatic heterocycles. The minimum atomic E-state index is -0.764. The number of hydrogen-bond acceptors (Lipinski definition) is 5. The predicted molar refractivity (Wildman–Crippen MR) is 117 cm³/mol. The number of rotatable bonds is 5. The van der Waals surface area contributed by atoms with Crippen molar-refractivity contribution >= 4 is 29.1 Å². The molecule has 1 aliphatic rings. The minimum absolute atomic E-state index is 0. The van der Waals surface area contributed by atoms with Crippen molar-refractivity contribution in [3.8, 4) is 0 Å². The van der Waals surface area contributed by atoms with Gasteiger partial charge < -0.3 is 10.1 Å². The van der Waals surface area contributed by atoms with Gasteiger partial charge in [-0.05, 0) is 62.3 Å². The SMILES string of the molecule is Cl.O=C(c1ccc(F)cc1)C1CCN(CCn2c(=O)c3ccccc3n(O)c2=O)CC1. The molecular weight excluding hydrogens is 425 g/mol. The van der Waals surface area contributed by atoms with Gasteiger partial charge in [-0.1, -0.05) is 12.1 Å². The van der Waals surface area contributed by atoms with E-state index in [4.69, 9.17) is 0 Å². The molecule has 31 heavy (non-hydrogen) atoms. The maximum atomic E-state index is 13.1. The highest BCUT2D eigenvalue weighted by atomic mass is 35.5. The summed E-state index contributed by atoms with van der Waals surface area (Å²) in [7, 11) is 0. The van der Waals surface area contributed by atoms with Crippen LogP contribution in [-0.2, 0) is 6.54 Å². The molecule has 0 saturated carbocycles. The van der Waals surface area contributed by atoms with E-state index in [0.717, 1.165) is 4.57 Å². The highest BCUT2D eigenvalue weighted by molar-refractivity contribution is 5.97. The number of fused-ring (bicyclic) bond motifs is 1. The molecule has 1 N–H and O–H groups in total. The summed E-state index contributed by atoms with van der Waals surface area (Å²) in [5, 5.41) is 10.4. The Hall–Kier alpha value is -2.97. The summed E-state index contributed by atoms with van der Waals surface area (Å²) < 4.78 is 14.6. The summed E-state index contributed by atoms with van der Waals surface area (Å²) in [4.78, 5) is 39.7. The Bertz CT molecular complexity index is 1200. The second kappa shape index (κ2) is 9.45. The lowest BCUT2D eigenvalue weighted by Crippen LogP contribution is -2.44. The molecule has 7 nitrogen and oxygen atoms in total. The van der Waals surface area contributed by atoms with Crippen molar-refractivity contribution in [1.82, 2.24) is 14.2 Å². The zero-order chi connectivity index (χ0) is 21.3. The van der Waals surface area contributed by atoms with Crippen molar-refractivity contribution in [1.29, 1.82) is 0 Å². The van der Waals surface area contributed by atoms with E-state index in [1.165, 1.54) is 30.3 Å². The van der Waals surface area contributed by atoms with Crippen LogP contribution in [0.4, 0.5) is 4.39 Å². The van der Waals surface area contributed by atoms with Crippen LogP contribution in [0.15, 0.2) is 58.1 Å². The highest BCUT2D eigenvalue weighted by Crippen LogP contribution is 2.22. The number of para-hydroxylation sites is 1. The molecule has 2 aromatic carbocycles. The summed E-state index contributed by atoms with van der Waals surface area (Å²) in [5.74, 6) is -0.472. The number of carbonyl (C=O) groups excluding carboxylic acids is 1. The summed E-state index contributed by atoms with van der Waals surface area (Å²) >= 11 is 0. The molecule has 4 rings (SSSR count). The van der Waals surface area contributed by atoms with Crippen molar-refractivity contribution in [2.75, 3.05) is 19.6 Å². The van der Waals surface area contributed by atoms with Crippen LogP contribution in [0.25, 0.3) is 10.9 Å². The molecular formula is C22H23ClFN3O4. The van der Waals surface area contributed by atoms with Gasteiger partial charge in [0, 0.05) is 24.6 Å². The van der Waals surface area contributed by atoms with E-state index in [1.54, 1.807) is 18.2 Å². The van der Waals surface area contributed by atoms with Crippen molar-refractivity contribution in [3.05, 3.63) is 80.7 Å². The molecule has 0 atom stereocenters. The monoisotopic (exact) mass is 447 g/mol. The number of halogens is 2. The van der Waals surface area contributed by atoms with Crippen LogP contribution in [-0.4, -0.2) is 44.8 Å². The Kier molecular flexibility index (Phi) is 6.92. The van der Waals surface area contributed by atoms with E-state index in [2.05, 4.69) is 4.90 Å². The third kappa shape index (κ3) is 4.55. The van der Waals surface area contributed by atoms with Gasteiger partial charge in [-0.3, -0.25) is 14.2 Å². The maximum Gasteiger partial charge on any atom is 0.364 e. The van der Waals surface area contributed by atoms with Crippen LogP contribution < -0.4 is 11.2 Å². The normalized spacial score (nSPS) is 15.0. The topological polar surface area (TPSA) is 84.5 Å². The van der Waals surface area contributed by atoms with Crippen LogP contribution in [0, 0.1) is 11.7 Å². The van der Waals surface area contributed by atoms with E-state index in [1.807, 2.05) is 0 Å². The first-order chi connectivity index (χ1) is 14.5. The number of hydrogen-bond donors (Lipinski definition) is 1. The fourth-order valence-electron chi connectivity index (χ4n) is 4.00. The zero-order valence-corrected chi connectivity index (χ0v) is 17.6. The van der Waals surface area contributed by atoms with Gasteiger partial charge in [0.1, 0.15) is 5.82 Å². The van der Waals surface area contributed by atoms with Gasteiger partial charge in [-0.25, -0.2) is 9.18 Å². The molecule has 1 fully saturated rings. The Labute approximate surface area is 183 Å². The third-order valence-corrected chi connectivity index (χ3v) is 5.75. The molecule has 0 amide bonds. The predicted octanol–water partition coefficient (Wildman–Crippen LogP) is 2.56. The smallest absolute Gasteiger partial charge is 0.364 e. The highest BCUT2D eigenvalue weighted by Gasteiger charge is 2.26. The van der Waals surface area contributed by atoms with Crippen LogP contribution in [0.3, 0.4) is 0 Å². The number of aromatic nitrogens is 2. The number of Topliss-reactive ketones (excluding diaryl/α,β-unsaturated/α-hetero) is 1. The first kappa shape index (κ1) is 22.7. The molecule has 1 saturated heterocycles. The van der Waals surface area contributed by atoms with Gasteiger partial charge in [0.05, 0.1) is 10.9 Å². The van der Waals surface area contributed by atoms with Gasteiger partial charge in [0.15, 0.2) is 5.78 Å². The number of ketones is 1. The van der Waals surface area contributed by atoms with E-state index < -0.39 is 11.2 Å². The average molecular weight is 448 g/mol. The standard InChI is InChI=1S/C22H22FN3O4.ClH/c23-17-7-5-15(6-8-17)20(27)16-9-11-24(12-10-16)13-14-25-21(28)18-3-1-2-4-19(18)26(30)22(25)29;/h1-8,16,30H,9-14H2;1H. The van der Waals surface area contributed by atoms with Gasteiger partial charge in [0.2, 0.25) is 0 Å². The van der Waals surface area contributed by atoms with Crippen LogP contribution >= 0.6 is 12.4 Å². The molecule has 0 bridgehead atoms. The number of benzene rings is 2. The summed E-state index contributed by atoms with van der Waals surface area (Å²) in [6.07, 6.45) is 1.32. The largest absolute Gasteiger partial charge is 0.424 e. The molecule has 1 aliphatic heterocycles. The number of nitrogens with zero attached hydrogens (tertiary/aromatic N) is 3. The van der Waals surface area contributed by atoms with Gasteiger partial charge >= 0.3 is 5.69 Å². The quantitative estimate of drug-likeness (QED) is 0.480. The lowest BCUT2D eigenvalue weighted by atomic mass is 9.89. The molecule has 0 radical (unpaired) electrons. The van der Waals surface area contributed by atoms with Crippen molar-refractivity contribution in [3.63, 3.8) is 0 Å². The molecule has 164 valence electrons. The fraction of sp³-hybridized carbons (Fsp3) is 0.318. The summed E-state index contributed by atoms with van der Waals surface area (Å²) in [6.45, 7) is 1.94. The van der Waals surface area contributed by atoms with E-state index in [0.29, 0.717) is 42.8 Å². The lowest BCUT2D eigenvalue weighted by molar-refractivity contribution is 0.0836.